The number of aromatic amines is 1. The van der Waals surface area contributed by atoms with E-state index in [9.17, 15) is 4.79 Å². The van der Waals surface area contributed by atoms with Gasteiger partial charge in [0.15, 0.2) is 11.4 Å². The predicted molar refractivity (Wildman–Crippen MR) is 90.9 cm³/mol. The molecular weight excluding hydrogens is 318 g/mol. The first-order valence-electron chi connectivity index (χ1n) is 8.14. The minimum absolute atomic E-state index is 0.0208. The lowest BCUT2D eigenvalue weighted by Gasteiger charge is -2.21. The van der Waals surface area contributed by atoms with Crippen LogP contribution in [0.2, 0.25) is 0 Å². The Morgan fingerprint density at radius 3 is 2.48 bits per heavy atom. The summed E-state index contributed by atoms with van der Waals surface area (Å²) in [4.78, 5) is 25.4. The Morgan fingerprint density at radius 2 is 1.92 bits per heavy atom. The van der Waals surface area contributed by atoms with Gasteiger partial charge in [0.05, 0.1) is 5.56 Å². The second-order valence-electron chi connectivity index (χ2n) is 5.79. The van der Waals surface area contributed by atoms with E-state index in [0.29, 0.717) is 5.56 Å². The van der Waals surface area contributed by atoms with Gasteiger partial charge in [0.2, 0.25) is 5.95 Å². The van der Waals surface area contributed by atoms with Gasteiger partial charge in [0.1, 0.15) is 18.0 Å². The van der Waals surface area contributed by atoms with Crippen LogP contribution in [0.15, 0.2) is 18.3 Å². The summed E-state index contributed by atoms with van der Waals surface area (Å²) in [6.45, 7) is 1.97. The fourth-order valence-electron chi connectivity index (χ4n) is 2.78. The molecule has 0 aromatic carbocycles. The molecule has 3 heterocycles. The molecule has 126 valence electrons. The summed E-state index contributed by atoms with van der Waals surface area (Å²) < 4.78 is 0. The van der Waals surface area contributed by atoms with Crippen molar-refractivity contribution in [2.24, 2.45) is 0 Å². The third-order valence-electron chi connectivity index (χ3n) is 4.09. The minimum Gasteiger partial charge on any atom is -0.357 e. The average molecular weight is 335 g/mol. The third-order valence-corrected chi connectivity index (χ3v) is 4.09. The number of nitrogens with one attached hydrogen (secondary N) is 2. The van der Waals surface area contributed by atoms with Crippen molar-refractivity contribution in [2.75, 3.05) is 23.3 Å². The Balaban J connectivity index is 1.69. The van der Waals surface area contributed by atoms with Gasteiger partial charge in [-0.15, -0.1) is 0 Å². The van der Waals surface area contributed by atoms with Crippen LogP contribution in [0.1, 0.15) is 47.4 Å². The van der Waals surface area contributed by atoms with Crippen LogP contribution in [0.4, 0.5) is 11.8 Å². The lowest BCUT2D eigenvalue weighted by Crippen LogP contribution is -2.25. The van der Waals surface area contributed by atoms with E-state index < -0.39 is 5.91 Å². The highest BCUT2D eigenvalue weighted by atomic mass is 16.1. The first-order chi connectivity index (χ1) is 12.2. The number of hydrogen-bond acceptors (Lipinski definition) is 6. The van der Waals surface area contributed by atoms with Gasteiger partial charge in [-0.05, 0) is 25.0 Å². The Morgan fingerprint density at radius 1 is 1.16 bits per heavy atom. The number of carbonyl (C=O) groups is 1. The van der Waals surface area contributed by atoms with Crippen molar-refractivity contribution in [1.29, 1.82) is 10.5 Å². The zero-order valence-electron chi connectivity index (χ0n) is 13.6. The zero-order valence-corrected chi connectivity index (χ0v) is 13.6. The van der Waals surface area contributed by atoms with Gasteiger partial charge < -0.3 is 9.88 Å². The molecule has 8 heteroatoms. The lowest BCUT2D eigenvalue weighted by molar-refractivity contribution is 0.102. The number of amides is 1. The molecule has 2 N–H and O–H groups in total. The molecule has 0 bridgehead atoms. The summed E-state index contributed by atoms with van der Waals surface area (Å²) in [6.07, 6.45) is 6.33. The van der Waals surface area contributed by atoms with Crippen LogP contribution in [-0.4, -0.2) is 33.9 Å². The summed E-state index contributed by atoms with van der Waals surface area (Å²) in [5, 5.41) is 20.3. The molecule has 2 aromatic heterocycles. The molecule has 2 aromatic rings. The Labute approximate surface area is 145 Å². The number of rotatable bonds is 3. The van der Waals surface area contributed by atoms with Gasteiger partial charge in [-0.3, -0.25) is 10.1 Å². The highest BCUT2D eigenvalue weighted by Gasteiger charge is 2.15. The van der Waals surface area contributed by atoms with Gasteiger partial charge in [-0.1, -0.05) is 12.8 Å². The summed E-state index contributed by atoms with van der Waals surface area (Å²) in [5.41, 5.74) is 0.354. The molecular formula is C17H17N7O. The van der Waals surface area contributed by atoms with E-state index in [1.54, 1.807) is 12.1 Å². The summed E-state index contributed by atoms with van der Waals surface area (Å²) in [7, 11) is 0. The molecule has 0 aliphatic carbocycles. The fourth-order valence-corrected chi connectivity index (χ4v) is 2.78. The largest absolute Gasteiger partial charge is 0.357 e. The van der Waals surface area contributed by atoms with Gasteiger partial charge in [0, 0.05) is 19.3 Å². The number of nitriles is 2. The zero-order chi connectivity index (χ0) is 17.6. The van der Waals surface area contributed by atoms with Crippen LogP contribution in [0, 0.1) is 22.7 Å². The first kappa shape index (κ1) is 16.5. The van der Waals surface area contributed by atoms with Crippen LogP contribution >= 0.6 is 0 Å². The van der Waals surface area contributed by atoms with E-state index in [1.807, 2.05) is 12.1 Å². The summed E-state index contributed by atoms with van der Waals surface area (Å²) >= 11 is 0. The molecule has 3 rings (SSSR count). The molecule has 1 aliphatic heterocycles. The maximum Gasteiger partial charge on any atom is 0.259 e. The fraction of sp³-hybridized carbons (Fsp3) is 0.353. The number of aromatic nitrogens is 3. The number of pyridine rings is 1. The van der Waals surface area contributed by atoms with E-state index in [0.717, 1.165) is 31.7 Å². The van der Waals surface area contributed by atoms with Gasteiger partial charge >= 0.3 is 0 Å². The molecule has 25 heavy (non-hydrogen) atoms. The molecule has 0 unspecified atom stereocenters. The number of anilines is 2. The molecule has 1 aliphatic rings. The van der Waals surface area contributed by atoms with Crippen LogP contribution in [0.5, 0.6) is 0 Å². The van der Waals surface area contributed by atoms with Crippen LogP contribution in [0.3, 0.4) is 0 Å². The number of imidazole rings is 1. The van der Waals surface area contributed by atoms with Crippen LogP contribution < -0.4 is 10.2 Å². The standard InChI is InChI=1S/C17H17N7O/c18-9-13-14(10-19)22-17(21-13)23-16(25)12-5-6-15(20-11-12)24-7-3-1-2-4-8-24/h5-6,11H,1-4,7-8H2,(H2,21,22,23,25). The number of nitrogens with zero attached hydrogens (tertiary/aromatic N) is 5. The van der Waals surface area contributed by atoms with Crippen molar-refractivity contribution in [3.05, 3.63) is 35.3 Å². The number of H-pyrrole nitrogens is 1. The monoisotopic (exact) mass is 335 g/mol. The molecule has 8 nitrogen and oxygen atoms in total. The Hall–Kier alpha value is -3.39. The first-order valence-corrected chi connectivity index (χ1v) is 8.14. The van der Waals surface area contributed by atoms with Crippen LogP contribution in [-0.2, 0) is 0 Å². The van der Waals surface area contributed by atoms with E-state index in [1.165, 1.54) is 19.0 Å². The Bertz CT molecular complexity index is 802. The quantitative estimate of drug-likeness (QED) is 0.886. The Kier molecular flexibility index (Phi) is 4.91. The number of hydrogen-bond donors (Lipinski definition) is 2. The second-order valence-corrected chi connectivity index (χ2v) is 5.79. The maximum atomic E-state index is 12.3. The van der Waals surface area contributed by atoms with E-state index in [4.69, 9.17) is 10.5 Å². The van der Waals surface area contributed by atoms with Crippen molar-refractivity contribution in [2.45, 2.75) is 25.7 Å². The van der Waals surface area contributed by atoms with Crippen molar-refractivity contribution in [3.63, 3.8) is 0 Å². The van der Waals surface area contributed by atoms with E-state index >= 15 is 0 Å². The summed E-state index contributed by atoms with van der Waals surface area (Å²) in [5.74, 6) is 0.530. The van der Waals surface area contributed by atoms with Crippen molar-refractivity contribution >= 4 is 17.7 Å². The topological polar surface area (TPSA) is 121 Å². The normalized spacial score (nSPS) is 14.2. The maximum absolute atomic E-state index is 12.3. The molecule has 0 spiro atoms. The predicted octanol–water partition coefficient (Wildman–Crippen LogP) is 2.18. The van der Waals surface area contributed by atoms with Crippen LogP contribution in [0.25, 0.3) is 0 Å². The van der Waals surface area contributed by atoms with Gasteiger partial charge in [-0.2, -0.15) is 10.5 Å². The summed E-state index contributed by atoms with van der Waals surface area (Å²) in [6, 6.07) is 7.16. The molecule has 1 amide bonds. The second kappa shape index (κ2) is 7.45. The lowest BCUT2D eigenvalue weighted by atomic mass is 10.2. The molecule has 0 radical (unpaired) electrons. The van der Waals surface area contributed by atoms with Crippen molar-refractivity contribution in [1.82, 2.24) is 15.0 Å². The van der Waals surface area contributed by atoms with Crippen molar-refractivity contribution < 1.29 is 4.79 Å². The average Bonchev–Trinajstić information content (AvgIpc) is 2.85. The third kappa shape index (κ3) is 3.75. The molecule has 1 saturated heterocycles. The molecule has 1 fully saturated rings. The highest BCUT2D eigenvalue weighted by Crippen LogP contribution is 2.18. The van der Waals surface area contributed by atoms with E-state index in [2.05, 4.69) is 25.2 Å². The molecule has 0 atom stereocenters. The SMILES string of the molecule is N#Cc1nc(NC(=O)c2ccc(N3CCCCCC3)nc2)[nH]c1C#N. The van der Waals surface area contributed by atoms with Crippen molar-refractivity contribution in [3.8, 4) is 12.1 Å². The number of carbonyl (C=O) groups excluding carboxylic acids is 1. The van der Waals surface area contributed by atoms with Gasteiger partial charge in [-0.25, -0.2) is 9.97 Å². The molecule has 0 saturated carbocycles. The highest BCUT2D eigenvalue weighted by molar-refractivity contribution is 6.03. The smallest absolute Gasteiger partial charge is 0.259 e. The van der Waals surface area contributed by atoms with Gasteiger partial charge in [0.25, 0.3) is 5.91 Å². The van der Waals surface area contributed by atoms with E-state index in [-0.39, 0.29) is 17.3 Å². The minimum atomic E-state index is -0.405.